The molecule has 128 valence electrons. The van der Waals surface area contributed by atoms with Crippen LogP contribution in [0.3, 0.4) is 0 Å². The van der Waals surface area contributed by atoms with Crippen LogP contribution in [-0.2, 0) is 0 Å². The van der Waals surface area contributed by atoms with Gasteiger partial charge in [-0.05, 0) is 47.0 Å². The van der Waals surface area contributed by atoms with E-state index < -0.39 is 0 Å². The molecule has 5 heteroatoms. The molecule has 0 aliphatic rings. The zero-order chi connectivity index (χ0) is 17.7. The smallest absolute Gasteiger partial charge is 0.252 e. The summed E-state index contributed by atoms with van der Waals surface area (Å²) in [7, 11) is 3.12. The third kappa shape index (κ3) is 4.09. The minimum atomic E-state index is -0.161. The van der Waals surface area contributed by atoms with Gasteiger partial charge in [-0.25, -0.2) is 0 Å². The number of halogens is 1. The summed E-state index contributed by atoms with van der Waals surface area (Å²) in [6.45, 7) is 4.09. The van der Waals surface area contributed by atoms with Gasteiger partial charge in [-0.2, -0.15) is 0 Å². The molecule has 0 aliphatic heterocycles. The average molecular weight is 392 g/mol. The van der Waals surface area contributed by atoms with E-state index >= 15 is 0 Å². The van der Waals surface area contributed by atoms with Gasteiger partial charge in [0.25, 0.3) is 5.91 Å². The van der Waals surface area contributed by atoms with Gasteiger partial charge < -0.3 is 14.8 Å². The Bertz CT molecular complexity index is 688. The number of carbonyl (C=O) groups excluding carboxylic acids is 1. The first-order valence-electron chi connectivity index (χ1n) is 7.79. The normalized spacial score (nSPS) is 11.7. The number of ether oxygens (including phenoxy) is 2. The number of nitrogens with one attached hydrogen (secondary N) is 1. The van der Waals surface area contributed by atoms with Crippen LogP contribution in [0.4, 0.5) is 0 Å². The number of rotatable bonds is 6. The van der Waals surface area contributed by atoms with Crippen LogP contribution in [0.25, 0.3) is 0 Å². The largest absolute Gasteiger partial charge is 0.495 e. The molecule has 1 N–H and O–H groups in total. The molecule has 4 nitrogen and oxygen atoms in total. The van der Waals surface area contributed by atoms with Gasteiger partial charge in [-0.3, -0.25) is 4.79 Å². The van der Waals surface area contributed by atoms with E-state index in [1.165, 1.54) is 5.56 Å². The number of hydrogen-bond donors (Lipinski definition) is 1. The Labute approximate surface area is 151 Å². The number of benzene rings is 2. The van der Waals surface area contributed by atoms with E-state index in [9.17, 15) is 4.79 Å². The van der Waals surface area contributed by atoms with Crippen molar-refractivity contribution in [3.63, 3.8) is 0 Å². The SMILES string of the molecule is CC[C@H](NC(=O)c1cc(OC)c(Br)c(OC)c1)c1ccc(C)cc1. The second kappa shape index (κ2) is 8.20. The van der Waals surface area contributed by atoms with Gasteiger partial charge in [-0.15, -0.1) is 0 Å². The molecule has 0 saturated heterocycles. The van der Waals surface area contributed by atoms with Crippen LogP contribution in [0.5, 0.6) is 11.5 Å². The first kappa shape index (κ1) is 18.3. The Morgan fingerprint density at radius 3 is 2.12 bits per heavy atom. The average Bonchev–Trinajstić information content (AvgIpc) is 2.60. The molecule has 0 saturated carbocycles. The molecule has 2 aromatic carbocycles. The maximum absolute atomic E-state index is 12.7. The maximum Gasteiger partial charge on any atom is 0.252 e. The van der Waals surface area contributed by atoms with Gasteiger partial charge in [0, 0.05) is 5.56 Å². The van der Waals surface area contributed by atoms with Crippen LogP contribution in [0, 0.1) is 6.92 Å². The van der Waals surface area contributed by atoms with Crippen LogP contribution >= 0.6 is 15.9 Å². The van der Waals surface area contributed by atoms with Crippen molar-refractivity contribution in [2.75, 3.05) is 14.2 Å². The molecule has 2 rings (SSSR count). The Kier molecular flexibility index (Phi) is 6.26. The summed E-state index contributed by atoms with van der Waals surface area (Å²) in [5.74, 6) is 0.956. The highest BCUT2D eigenvalue weighted by molar-refractivity contribution is 9.10. The lowest BCUT2D eigenvalue weighted by Gasteiger charge is -2.18. The number of carbonyl (C=O) groups is 1. The zero-order valence-corrected chi connectivity index (χ0v) is 15.9. The molecule has 24 heavy (non-hydrogen) atoms. The van der Waals surface area contributed by atoms with Crippen LogP contribution < -0.4 is 14.8 Å². The molecule has 0 spiro atoms. The summed E-state index contributed by atoms with van der Waals surface area (Å²) in [5, 5.41) is 3.08. The van der Waals surface area contributed by atoms with Crippen molar-refractivity contribution in [3.05, 3.63) is 57.6 Å². The van der Waals surface area contributed by atoms with Gasteiger partial charge in [0.1, 0.15) is 16.0 Å². The predicted molar refractivity (Wildman–Crippen MR) is 98.9 cm³/mol. The van der Waals surface area contributed by atoms with E-state index in [4.69, 9.17) is 9.47 Å². The van der Waals surface area contributed by atoms with E-state index in [0.29, 0.717) is 21.5 Å². The van der Waals surface area contributed by atoms with Crippen molar-refractivity contribution >= 4 is 21.8 Å². The summed E-state index contributed by atoms with van der Waals surface area (Å²) in [6, 6.07) is 11.6. The predicted octanol–water partition coefficient (Wildman–Crippen LogP) is 4.66. The standard InChI is InChI=1S/C19H22BrNO3/c1-5-15(13-8-6-12(2)7-9-13)21-19(22)14-10-16(23-3)18(20)17(11-14)24-4/h6-11,15H,5H2,1-4H3,(H,21,22)/t15-/m0/s1. The number of hydrogen-bond acceptors (Lipinski definition) is 3. The Balaban J connectivity index is 2.26. The monoisotopic (exact) mass is 391 g/mol. The lowest BCUT2D eigenvalue weighted by atomic mass is 10.0. The molecular weight excluding hydrogens is 370 g/mol. The summed E-state index contributed by atoms with van der Waals surface area (Å²) >= 11 is 3.41. The first-order valence-corrected chi connectivity index (χ1v) is 8.58. The van der Waals surface area contributed by atoms with Gasteiger partial charge in [0.05, 0.1) is 20.3 Å². The summed E-state index contributed by atoms with van der Waals surface area (Å²) in [5.41, 5.74) is 2.78. The summed E-state index contributed by atoms with van der Waals surface area (Å²) in [4.78, 5) is 12.7. The fraction of sp³-hybridized carbons (Fsp3) is 0.316. The van der Waals surface area contributed by atoms with Gasteiger partial charge >= 0.3 is 0 Å². The second-order valence-electron chi connectivity index (χ2n) is 5.54. The van der Waals surface area contributed by atoms with Gasteiger partial charge in [-0.1, -0.05) is 36.8 Å². The minimum absolute atomic E-state index is 0.0428. The van der Waals surface area contributed by atoms with E-state index in [-0.39, 0.29) is 11.9 Å². The maximum atomic E-state index is 12.7. The number of amides is 1. The van der Waals surface area contributed by atoms with Crippen molar-refractivity contribution < 1.29 is 14.3 Å². The van der Waals surface area contributed by atoms with E-state index in [2.05, 4.69) is 33.4 Å². The quantitative estimate of drug-likeness (QED) is 0.778. The molecule has 0 aromatic heterocycles. The highest BCUT2D eigenvalue weighted by Gasteiger charge is 2.18. The third-order valence-corrected chi connectivity index (χ3v) is 4.68. The Morgan fingerprint density at radius 2 is 1.67 bits per heavy atom. The van der Waals surface area contributed by atoms with Crippen molar-refractivity contribution in [1.29, 1.82) is 0 Å². The van der Waals surface area contributed by atoms with Crippen molar-refractivity contribution in [3.8, 4) is 11.5 Å². The molecule has 2 aromatic rings. The summed E-state index contributed by atoms with van der Waals surface area (Å²) in [6.07, 6.45) is 0.805. The highest BCUT2D eigenvalue weighted by Crippen LogP contribution is 2.35. The van der Waals surface area contributed by atoms with Crippen LogP contribution in [0.2, 0.25) is 0 Å². The summed E-state index contributed by atoms with van der Waals surface area (Å²) < 4.78 is 11.3. The van der Waals surface area contributed by atoms with Gasteiger partial charge in [0.15, 0.2) is 0 Å². The minimum Gasteiger partial charge on any atom is -0.495 e. The van der Waals surface area contributed by atoms with Crippen molar-refractivity contribution in [1.82, 2.24) is 5.32 Å². The molecule has 0 bridgehead atoms. The fourth-order valence-corrected chi connectivity index (χ4v) is 3.01. The first-order chi connectivity index (χ1) is 11.5. The van der Waals surface area contributed by atoms with Crippen molar-refractivity contribution in [2.45, 2.75) is 26.3 Å². The van der Waals surface area contributed by atoms with E-state index in [1.54, 1.807) is 26.4 Å². The van der Waals surface area contributed by atoms with Crippen molar-refractivity contribution in [2.24, 2.45) is 0 Å². The second-order valence-corrected chi connectivity index (χ2v) is 6.33. The molecule has 0 radical (unpaired) electrons. The van der Waals surface area contributed by atoms with Crippen LogP contribution in [0.1, 0.15) is 40.9 Å². The molecule has 0 heterocycles. The molecular formula is C19H22BrNO3. The van der Waals surface area contributed by atoms with Crippen LogP contribution in [-0.4, -0.2) is 20.1 Å². The van der Waals surface area contributed by atoms with Gasteiger partial charge in [0.2, 0.25) is 0 Å². The molecule has 0 fully saturated rings. The lowest BCUT2D eigenvalue weighted by molar-refractivity contribution is 0.0935. The number of aryl methyl sites for hydroxylation is 1. The topological polar surface area (TPSA) is 47.6 Å². The highest BCUT2D eigenvalue weighted by atomic mass is 79.9. The molecule has 1 amide bonds. The fourth-order valence-electron chi connectivity index (χ4n) is 2.46. The lowest BCUT2D eigenvalue weighted by Crippen LogP contribution is -2.28. The zero-order valence-electron chi connectivity index (χ0n) is 14.4. The third-order valence-electron chi connectivity index (χ3n) is 3.90. The molecule has 0 unspecified atom stereocenters. The Morgan fingerprint density at radius 1 is 1.12 bits per heavy atom. The molecule has 0 aliphatic carbocycles. The van der Waals surface area contributed by atoms with E-state index in [1.807, 2.05) is 26.0 Å². The number of methoxy groups -OCH3 is 2. The Hall–Kier alpha value is -2.01. The molecule has 1 atom stereocenters. The van der Waals surface area contributed by atoms with E-state index in [0.717, 1.165) is 12.0 Å². The van der Waals surface area contributed by atoms with Crippen LogP contribution in [0.15, 0.2) is 40.9 Å².